The molecule has 27 heavy (non-hydrogen) atoms. The Kier molecular flexibility index (Phi) is 6.42. The number of benzene rings is 2. The molecule has 1 unspecified atom stereocenters. The maximum Gasteiger partial charge on any atom is 0.244 e. The summed E-state index contributed by atoms with van der Waals surface area (Å²) in [6, 6.07) is 13.4. The lowest BCUT2D eigenvalue weighted by atomic mass is 10.0. The lowest BCUT2D eigenvalue weighted by molar-refractivity contribution is -0.138. The molecule has 5 nitrogen and oxygen atoms in total. The van der Waals surface area contributed by atoms with Gasteiger partial charge in [0.05, 0.1) is 20.3 Å². The predicted octanol–water partition coefficient (Wildman–Crippen LogP) is 2.87. The quantitative estimate of drug-likeness (QED) is 0.782. The number of rotatable bonds is 6. The van der Waals surface area contributed by atoms with Gasteiger partial charge in [0, 0.05) is 26.7 Å². The van der Waals surface area contributed by atoms with Gasteiger partial charge in [0.1, 0.15) is 17.6 Å². The van der Waals surface area contributed by atoms with Gasteiger partial charge >= 0.3 is 0 Å². The van der Waals surface area contributed by atoms with Crippen molar-refractivity contribution in [3.63, 3.8) is 0 Å². The second-order valence-electron chi connectivity index (χ2n) is 6.65. The number of ether oxygens (including phenoxy) is 2. The van der Waals surface area contributed by atoms with E-state index in [0.29, 0.717) is 38.4 Å². The van der Waals surface area contributed by atoms with E-state index in [1.165, 1.54) is 12.1 Å². The molecule has 1 atom stereocenters. The van der Waals surface area contributed by atoms with Gasteiger partial charge in [-0.05, 0) is 35.4 Å². The van der Waals surface area contributed by atoms with Crippen LogP contribution in [0.3, 0.4) is 0 Å². The number of likely N-dealkylation sites (N-methyl/N-ethyl adjacent to an activating group) is 1. The van der Waals surface area contributed by atoms with Crippen LogP contribution in [0.25, 0.3) is 0 Å². The second-order valence-corrected chi connectivity index (χ2v) is 6.65. The van der Waals surface area contributed by atoms with Gasteiger partial charge in [-0.15, -0.1) is 0 Å². The minimum atomic E-state index is -0.528. The highest BCUT2D eigenvalue weighted by atomic mass is 19.1. The molecule has 1 saturated heterocycles. The lowest BCUT2D eigenvalue weighted by Crippen LogP contribution is -2.46. The second kappa shape index (κ2) is 8.97. The number of methoxy groups -OCH3 is 1. The maximum atomic E-state index is 13.8. The molecule has 6 heteroatoms. The summed E-state index contributed by atoms with van der Waals surface area (Å²) in [6.45, 7) is 2.86. The summed E-state index contributed by atoms with van der Waals surface area (Å²) in [5.41, 5.74) is 1.64. The van der Waals surface area contributed by atoms with E-state index in [1.807, 2.05) is 24.3 Å². The Morgan fingerprint density at radius 1 is 1.22 bits per heavy atom. The summed E-state index contributed by atoms with van der Waals surface area (Å²) in [6.07, 6.45) is 0. The molecule has 0 aliphatic carbocycles. The van der Waals surface area contributed by atoms with Crippen molar-refractivity contribution in [3.8, 4) is 5.75 Å². The van der Waals surface area contributed by atoms with Crippen molar-refractivity contribution in [2.75, 3.05) is 40.5 Å². The van der Waals surface area contributed by atoms with Gasteiger partial charge in [0.25, 0.3) is 0 Å². The van der Waals surface area contributed by atoms with Crippen LogP contribution in [0.4, 0.5) is 4.39 Å². The first-order valence-electron chi connectivity index (χ1n) is 9.03. The molecule has 1 aliphatic heterocycles. The van der Waals surface area contributed by atoms with Crippen molar-refractivity contribution >= 4 is 5.91 Å². The van der Waals surface area contributed by atoms with Crippen molar-refractivity contribution in [1.29, 1.82) is 0 Å². The maximum absolute atomic E-state index is 13.8. The fourth-order valence-corrected chi connectivity index (χ4v) is 3.35. The van der Waals surface area contributed by atoms with Crippen LogP contribution in [-0.4, -0.2) is 56.2 Å². The van der Waals surface area contributed by atoms with Gasteiger partial charge < -0.3 is 14.4 Å². The zero-order valence-electron chi connectivity index (χ0n) is 15.7. The van der Waals surface area contributed by atoms with E-state index in [-0.39, 0.29) is 11.7 Å². The standard InChI is InChI=1S/C21H25FN2O3/c1-23(15-16-5-3-8-19(13-16)26-2)21(25)20(24-9-11-27-12-10-24)17-6-4-7-18(22)14-17/h3-8,13-14,20H,9-12,15H2,1-2H3. The average molecular weight is 372 g/mol. The van der Waals surface area contributed by atoms with Crippen molar-refractivity contribution in [1.82, 2.24) is 9.80 Å². The van der Waals surface area contributed by atoms with Crippen molar-refractivity contribution in [2.24, 2.45) is 0 Å². The van der Waals surface area contributed by atoms with Gasteiger partial charge in [-0.1, -0.05) is 24.3 Å². The first-order valence-corrected chi connectivity index (χ1v) is 9.03. The van der Waals surface area contributed by atoms with Gasteiger partial charge in [-0.25, -0.2) is 4.39 Å². The van der Waals surface area contributed by atoms with E-state index in [4.69, 9.17) is 9.47 Å². The van der Waals surface area contributed by atoms with Crippen LogP contribution in [0.2, 0.25) is 0 Å². The van der Waals surface area contributed by atoms with E-state index >= 15 is 0 Å². The van der Waals surface area contributed by atoms with Crippen LogP contribution in [0.1, 0.15) is 17.2 Å². The molecule has 0 aromatic heterocycles. The Morgan fingerprint density at radius 3 is 2.67 bits per heavy atom. The summed E-state index contributed by atoms with van der Waals surface area (Å²) < 4.78 is 24.5. The highest BCUT2D eigenvalue weighted by Crippen LogP contribution is 2.25. The Hall–Kier alpha value is -2.44. The number of amides is 1. The summed E-state index contributed by atoms with van der Waals surface area (Å²) in [5, 5.41) is 0. The smallest absolute Gasteiger partial charge is 0.244 e. The molecule has 0 bridgehead atoms. The molecule has 0 saturated carbocycles. The largest absolute Gasteiger partial charge is 0.497 e. The molecule has 1 aliphatic rings. The van der Waals surface area contributed by atoms with Crippen LogP contribution in [-0.2, 0) is 16.1 Å². The number of nitrogens with zero attached hydrogens (tertiary/aromatic N) is 2. The van der Waals surface area contributed by atoms with Crippen LogP contribution in [0.5, 0.6) is 5.75 Å². The zero-order chi connectivity index (χ0) is 19.2. The summed E-state index contributed by atoms with van der Waals surface area (Å²) in [4.78, 5) is 17.0. The number of carbonyl (C=O) groups excluding carboxylic acids is 1. The number of hydrogen-bond donors (Lipinski definition) is 0. The molecular weight excluding hydrogens is 347 g/mol. The molecule has 0 radical (unpaired) electrons. The third-order valence-electron chi connectivity index (χ3n) is 4.74. The van der Waals surface area contributed by atoms with Crippen molar-refractivity contribution < 1.29 is 18.7 Å². The van der Waals surface area contributed by atoms with Crippen molar-refractivity contribution in [2.45, 2.75) is 12.6 Å². The van der Waals surface area contributed by atoms with E-state index in [2.05, 4.69) is 4.90 Å². The monoisotopic (exact) mass is 372 g/mol. The summed E-state index contributed by atoms with van der Waals surface area (Å²) in [7, 11) is 3.39. The van der Waals surface area contributed by atoms with Gasteiger partial charge in [-0.2, -0.15) is 0 Å². The van der Waals surface area contributed by atoms with Gasteiger partial charge in [0.15, 0.2) is 0 Å². The third kappa shape index (κ3) is 4.84. The third-order valence-corrected chi connectivity index (χ3v) is 4.74. The van der Waals surface area contributed by atoms with Crippen molar-refractivity contribution in [3.05, 3.63) is 65.5 Å². The SMILES string of the molecule is COc1cccc(CN(C)C(=O)C(c2cccc(F)c2)N2CCOCC2)c1. The Labute approximate surface area is 159 Å². The summed E-state index contributed by atoms with van der Waals surface area (Å²) in [5.74, 6) is 0.350. The van der Waals surface area contributed by atoms with Gasteiger partial charge in [0.2, 0.25) is 5.91 Å². The number of hydrogen-bond acceptors (Lipinski definition) is 4. The molecular formula is C21H25FN2O3. The van der Waals surface area contributed by atoms with Gasteiger partial charge in [-0.3, -0.25) is 9.69 Å². The van der Waals surface area contributed by atoms with E-state index in [0.717, 1.165) is 11.3 Å². The molecule has 2 aromatic rings. The predicted molar refractivity (Wildman–Crippen MR) is 101 cm³/mol. The highest BCUT2D eigenvalue weighted by Gasteiger charge is 2.31. The van der Waals surface area contributed by atoms with E-state index in [1.54, 1.807) is 31.2 Å². The number of carbonyl (C=O) groups is 1. The summed E-state index contributed by atoms with van der Waals surface area (Å²) >= 11 is 0. The lowest BCUT2D eigenvalue weighted by Gasteiger charge is -2.36. The molecule has 1 amide bonds. The Bertz CT molecular complexity index is 778. The average Bonchev–Trinajstić information content (AvgIpc) is 2.69. The molecule has 2 aromatic carbocycles. The minimum absolute atomic E-state index is 0.0645. The topological polar surface area (TPSA) is 42.0 Å². The fourth-order valence-electron chi connectivity index (χ4n) is 3.35. The molecule has 0 N–H and O–H groups in total. The molecule has 1 heterocycles. The Morgan fingerprint density at radius 2 is 1.96 bits per heavy atom. The first-order chi connectivity index (χ1) is 13.1. The van der Waals surface area contributed by atoms with Crippen LogP contribution in [0.15, 0.2) is 48.5 Å². The minimum Gasteiger partial charge on any atom is -0.497 e. The molecule has 0 spiro atoms. The molecule has 1 fully saturated rings. The first kappa shape index (κ1) is 19.3. The molecule has 3 rings (SSSR count). The van der Waals surface area contributed by atoms with E-state index < -0.39 is 6.04 Å². The molecule has 144 valence electrons. The fraction of sp³-hybridized carbons (Fsp3) is 0.381. The number of halogens is 1. The Balaban J connectivity index is 1.82. The number of morpholine rings is 1. The van der Waals surface area contributed by atoms with E-state index in [9.17, 15) is 9.18 Å². The van der Waals surface area contributed by atoms with Crippen LogP contribution < -0.4 is 4.74 Å². The van der Waals surface area contributed by atoms with Crippen LogP contribution in [0, 0.1) is 5.82 Å². The highest BCUT2D eigenvalue weighted by molar-refractivity contribution is 5.83. The normalized spacial score (nSPS) is 16.0. The van der Waals surface area contributed by atoms with Crippen LogP contribution >= 0.6 is 0 Å². The zero-order valence-corrected chi connectivity index (χ0v) is 15.7.